The lowest BCUT2D eigenvalue weighted by Gasteiger charge is -2.23. The van der Waals surface area contributed by atoms with E-state index in [2.05, 4.69) is 10.6 Å². The number of halogens is 1. The summed E-state index contributed by atoms with van der Waals surface area (Å²) in [4.78, 5) is 37.5. The van der Waals surface area contributed by atoms with Crippen molar-refractivity contribution in [1.82, 2.24) is 5.32 Å². The normalized spacial score (nSPS) is 12.6. The van der Waals surface area contributed by atoms with Crippen LogP contribution in [0.4, 0.5) is 5.69 Å². The maximum atomic E-state index is 12.7. The first-order valence-corrected chi connectivity index (χ1v) is 10.3. The van der Waals surface area contributed by atoms with Crippen LogP contribution in [0.3, 0.4) is 0 Å². The summed E-state index contributed by atoms with van der Waals surface area (Å²) in [5.74, 6) is -1.34. The molecule has 2 atom stereocenters. The van der Waals surface area contributed by atoms with Gasteiger partial charge in [0.25, 0.3) is 5.91 Å². The molecule has 7 nitrogen and oxygen atoms in total. The molecule has 0 radical (unpaired) electrons. The number of rotatable bonds is 9. The Labute approximate surface area is 187 Å². The van der Waals surface area contributed by atoms with Gasteiger partial charge in [-0.2, -0.15) is 0 Å². The molecule has 0 fully saturated rings. The molecule has 0 heterocycles. The van der Waals surface area contributed by atoms with Crippen LogP contribution in [-0.4, -0.2) is 37.0 Å². The molecule has 2 amide bonds. The summed E-state index contributed by atoms with van der Waals surface area (Å²) in [6.07, 6.45) is -0.953. The lowest BCUT2D eigenvalue weighted by atomic mass is 10.0. The van der Waals surface area contributed by atoms with Crippen molar-refractivity contribution in [2.45, 2.75) is 39.3 Å². The van der Waals surface area contributed by atoms with Crippen LogP contribution in [0.1, 0.15) is 26.3 Å². The number of hydrogen-bond donors (Lipinski definition) is 2. The molecule has 0 saturated heterocycles. The zero-order valence-electron chi connectivity index (χ0n) is 18.0. The first-order chi connectivity index (χ1) is 14.7. The topological polar surface area (TPSA) is 93.7 Å². The first-order valence-electron chi connectivity index (χ1n) is 9.89. The zero-order valence-corrected chi connectivity index (χ0v) is 18.7. The van der Waals surface area contributed by atoms with E-state index >= 15 is 0 Å². The van der Waals surface area contributed by atoms with Crippen molar-refractivity contribution >= 4 is 35.1 Å². The van der Waals surface area contributed by atoms with Gasteiger partial charge >= 0.3 is 5.97 Å². The van der Waals surface area contributed by atoms with E-state index in [0.29, 0.717) is 16.5 Å². The molecule has 2 aromatic carbocycles. The number of esters is 1. The number of methoxy groups -OCH3 is 1. The third-order valence-corrected chi connectivity index (χ3v) is 4.76. The van der Waals surface area contributed by atoms with E-state index < -0.39 is 24.0 Å². The molecule has 0 aliphatic carbocycles. The summed E-state index contributed by atoms with van der Waals surface area (Å²) in [7, 11) is 1.47. The summed E-state index contributed by atoms with van der Waals surface area (Å²) in [6, 6.07) is 13.1. The molecule has 0 spiro atoms. The highest BCUT2D eigenvalue weighted by molar-refractivity contribution is 6.31. The van der Waals surface area contributed by atoms with Crippen molar-refractivity contribution in [3.63, 3.8) is 0 Å². The molecular formula is C23H27ClN2O5. The Morgan fingerprint density at radius 3 is 2.32 bits per heavy atom. The first kappa shape index (κ1) is 24.2. The Hall–Kier alpha value is -3.06. The molecule has 0 saturated carbocycles. The molecule has 0 aromatic heterocycles. The van der Waals surface area contributed by atoms with Gasteiger partial charge in [0, 0.05) is 5.02 Å². The summed E-state index contributed by atoms with van der Waals surface area (Å²) >= 11 is 5.97. The maximum absolute atomic E-state index is 12.7. The molecule has 166 valence electrons. The van der Waals surface area contributed by atoms with Crippen molar-refractivity contribution in [3.8, 4) is 5.75 Å². The van der Waals surface area contributed by atoms with Crippen LogP contribution in [0.15, 0.2) is 48.5 Å². The minimum atomic E-state index is -1.09. The van der Waals surface area contributed by atoms with E-state index in [1.54, 1.807) is 26.0 Å². The summed E-state index contributed by atoms with van der Waals surface area (Å²) in [5, 5.41) is 5.76. The molecule has 2 N–H and O–H groups in total. The van der Waals surface area contributed by atoms with Crippen LogP contribution in [0.2, 0.25) is 5.02 Å². The fraction of sp³-hybridized carbons (Fsp3) is 0.348. The van der Waals surface area contributed by atoms with E-state index in [0.717, 1.165) is 5.56 Å². The van der Waals surface area contributed by atoms with Crippen molar-refractivity contribution in [1.29, 1.82) is 0 Å². The van der Waals surface area contributed by atoms with Crippen LogP contribution in [-0.2, 0) is 25.5 Å². The van der Waals surface area contributed by atoms with Crippen LogP contribution in [0.5, 0.6) is 5.75 Å². The fourth-order valence-electron chi connectivity index (χ4n) is 2.82. The second-order valence-electron chi connectivity index (χ2n) is 7.36. The fourth-order valence-corrected chi connectivity index (χ4v) is 2.99. The average Bonchev–Trinajstić information content (AvgIpc) is 2.72. The molecule has 0 aliphatic rings. The van der Waals surface area contributed by atoms with Gasteiger partial charge in [-0.3, -0.25) is 9.59 Å². The predicted octanol–water partition coefficient (Wildman–Crippen LogP) is 3.60. The van der Waals surface area contributed by atoms with Gasteiger partial charge < -0.3 is 20.1 Å². The third-order valence-electron chi connectivity index (χ3n) is 4.53. The van der Waals surface area contributed by atoms with Crippen LogP contribution in [0.25, 0.3) is 0 Å². The van der Waals surface area contributed by atoms with Gasteiger partial charge in [-0.05, 0) is 36.6 Å². The van der Waals surface area contributed by atoms with Crippen molar-refractivity contribution < 1.29 is 23.9 Å². The third kappa shape index (κ3) is 7.29. The van der Waals surface area contributed by atoms with Crippen LogP contribution < -0.4 is 15.4 Å². The molecule has 0 aliphatic heterocycles. The minimum Gasteiger partial charge on any atom is -0.495 e. The largest absolute Gasteiger partial charge is 0.495 e. The lowest BCUT2D eigenvalue weighted by molar-refractivity contribution is -0.157. The molecule has 2 unspecified atom stereocenters. The SMILES string of the molecule is COc1ccc(Cl)cc1NC(=O)C(C)OC(=O)C(NC(=O)Cc1ccccc1)C(C)C. The van der Waals surface area contributed by atoms with Gasteiger partial charge in [-0.15, -0.1) is 0 Å². The van der Waals surface area contributed by atoms with Gasteiger partial charge in [0.05, 0.1) is 19.2 Å². The number of hydrogen-bond acceptors (Lipinski definition) is 5. The Morgan fingerprint density at radius 1 is 1.03 bits per heavy atom. The highest BCUT2D eigenvalue weighted by Gasteiger charge is 2.29. The Morgan fingerprint density at radius 2 is 1.71 bits per heavy atom. The second-order valence-corrected chi connectivity index (χ2v) is 7.80. The lowest BCUT2D eigenvalue weighted by Crippen LogP contribution is -2.47. The minimum absolute atomic E-state index is 0.141. The van der Waals surface area contributed by atoms with E-state index in [1.165, 1.54) is 20.1 Å². The molecule has 31 heavy (non-hydrogen) atoms. The standard InChI is InChI=1S/C23H27ClN2O5/c1-14(2)21(26-20(27)12-16-8-6-5-7-9-16)23(29)31-15(3)22(28)25-18-13-17(24)10-11-19(18)30-4/h5-11,13-15,21H,12H2,1-4H3,(H,25,28)(H,26,27). The van der Waals surface area contributed by atoms with Gasteiger partial charge in [-0.25, -0.2) is 4.79 Å². The van der Waals surface area contributed by atoms with Crippen LogP contribution in [0, 0.1) is 5.92 Å². The highest BCUT2D eigenvalue weighted by atomic mass is 35.5. The van der Waals surface area contributed by atoms with Crippen molar-refractivity contribution in [2.24, 2.45) is 5.92 Å². The molecule has 2 aromatic rings. The molecular weight excluding hydrogens is 420 g/mol. The monoisotopic (exact) mass is 446 g/mol. The summed E-state index contributed by atoms with van der Waals surface area (Å²) in [5.41, 5.74) is 1.19. The highest BCUT2D eigenvalue weighted by Crippen LogP contribution is 2.27. The Bertz CT molecular complexity index is 917. The summed E-state index contributed by atoms with van der Waals surface area (Å²) < 4.78 is 10.5. The zero-order chi connectivity index (χ0) is 23.0. The Balaban J connectivity index is 1.98. The molecule has 2 rings (SSSR count). The van der Waals surface area contributed by atoms with Crippen molar-refractivity contribution in [2.75, 3.05) is 12.4 Å². The second kappa shape index (κ2) is 11.4. The van der Waals surface area contributed by atoms with Crippen LogP contribution >= 0.6 is 11.6 Å². The number of carbonyl (C=O) groups excluding carboxylic acids is 3. The van der Waals surface area contributed by atoms with Gasteiger partial charge in [0.1, 0.15) is 11.8 Å². The van der Waals surface area contributed by atoms with Gasteiger partial charge in [-0.1, -0.05) is 55.8 Å². The van der Waals surface area contributed by atoms with Gasteiger partial charge in [0.2, 0.25) is 5.91 Å². The predicted molar refractivity (Wildman–Crippen MR) is 119 cm³/mol. The van der Waals surface area contributed by atoms with E-state index in [4.69, 9.17) is 21.1 Å². The van der Waals surface area contributed by atoms with E-state index in [9.17, 15) is 14.4 Å². The Kier molecular flexibility index (Phi) is 8.88. The van der Waals surface area contributed by atoms with Gasteiger partial charge in [0.15, 0.2) is 6.10 Å². The summed E-state index contributed by atoms with van der Waals surface area (Å²) in [6.45, 7) is 5.03. The number of amides is 2. The smallest absolute Gasteiger partial charge is 0.329 e. The maximum Gasteiger partial charge on any atom is 0.329 e. The average molecular weight is 447 g/mol. The number of benzene rings is 2. The number of nitrogens with one attached hydrogen (secondary N) is 2. The quantitative estimate of drug-likeness (QED) is 0.574. The number of carbonyl (C=O) groups is 3. The molecule has 8 heteroatoms. The number of anilines is 1. The van der Waals surface area contributed by atoms with Crippen molar-refractivity contribution in [3.05, 3.63) is 59.1 Å². The number of ether oxygens (including phenoxy) is 2. The van der Waals surface area contributed by atoms with E-state index in [-0.39, 0.29) is 18.2 Å². The molecule has 0 bridgehead atoms. The van der Waals surface area contributed by atoms with E-state index in [1.807, 2.05) is 30.3 Å².